The van der Waals surface area contributed by atoms with E-state index in [1.165, 1.54) is 19.8 Å². The summed E-state index contributed by atoms with van der Waals surface area (Å²) in [4.78, 5) is 24.0. The molecule has 0 aliphatic carbocycles. The quantitative estimate of drug-likeness (QED) is 0.410. The fraction of sp³-hybridized carbons (Fsp3) is 0.500. The predicted octanol–water partition coefficient (Wildman–Crippen LogP) is 2.45. The smallest absolute Gasteiger partial charge is 0.343 e. The van der Waals surface area contributed by atoms with Gasteiger partial charge in [-0.1, -0.05) is 17.7 Å². The number of fused-ring (bicyclic) bond motifs is 1. The molecule has 0 saturated heterocycles. The number of esters is 1. The van der Waals surface area contributed by atoms with Gasteiger partial charge in [0.15, 0.2) is 5.15 Å². The third kappa shape index (κ3) is 5.88. The van der Waals surface area contributed by atoms with Crippen LogP contribution in [0.5, 0.6) is 5.75 Å². The lowest BCUT2D eigenvalue weighted by Gasteiger charge is -2.35. The summed E-state index contributed by atoms with van der Waals surface area (Å²) in [6.45, 7) is 7.59. The molecule has 0 unspecified atom stereocenters. The highest BCUT2D eigenvalue weighted by Gasteiger charge is 2.37. The first-order chi connectivity index (χ1) is 17.8. The van der Waals surface area contributed by atoms with Crippen LogP contribution in [-0.4, -0.2) is 57.2 Å². The molecule has 0 fully saturated rings. The molecule has 3 heterocycles. The van der Waals surface area contributed by atoms with E-state index < -0.39 is 27.7 Å². The number of nitrogens with one attached hydrogen (secondary N) is 1. The molecule has 1 aliphatic heterocycles. The van der Waals surface area contributed by atoms with Crippen molar-refractivity contribution in [2.75, 3.05) is 10.8 Å². The first-order valence-electron chi connectivity index (χ1n) is 12.2. The van der Waals surface area contributed by atoms with Crippen molar-refractivity contribution in [3.05, 3.63) is 51.4 Å². The Balaban J connectivity index is 1.68. The van der Waals surface area contributed by atoms with Gasteiger partial charge in [-0.2, -0.15) is 10.2 Å². The number of carbonyl (C=O) groups excluding carboxylic acids is 1. The number of hydrogen-bond acceptors (Lipinski definition) is 8. The average molecular weight is 567 g/mol. The molecule has 38 heavy (non-hydrogen) atoms. The molecule has 1 N–H and O–H groups in total. The number of aromatic amines is 1. The topological polar surface area (TPSA) is 141 Å². The molecule has 12 nitrogen and oxygen atoms in total. The Hall–Kier alpha value is -3.32. The highest BCUT2D eigenvalue weighted by atomic mass is 35.5. The molecule has 0 amide bonds. The van der Waals surface area contributed by atoms with E-state index in [0.717, 1.165) is 0 Å². The fourth-order valence-corrected chi connectivity index (χ4v) is 6.06. The van der Waals surface area contributed by atoms with Crippen LogP contribution < -0.4 is 14.7 Å². The molecule has 4 rings (SSSR count). The zero-order chi connectivity index (χ0) is 27.8. The number of halogens is 1. The molecule has 1 atom stereocenters. The van der Waals surface area contributed by atoms with Gasteiger partial charge in [0.25, 0.3) is 10.0 Å². The lowest BCUT2D eigenvalue weighted by Crippen LogP contribution is -2.44. The van der Waals surface area contributed by atoms with Gasteiger partial charge in [0.2, 0.25) is 0 Å². The van der Waals surface area contributed by atoms with E-state index in [1.54, 1.807) is 46.0 Å². The van der Waals surface area contributed by atoms with E-state index in [0.29, 0.717) is 36.5 Å². The number of aryl methyl sites for hydroxylation is 2. The first kappa shape index (κ1) is 27.7. The molecule has 14 heteroatoms. The van der Waals surface area contributed by atoms with Gasteiger partial charge >= 0.3 is 11.7 Å². The van der Waals surface area contributed by atoms with Crippen LogP contribution in [0.25, 0.3) is 0 Å². The number of rotatable bonds is 8. The van der Waals surface area contributed by atoms with Crippen molar-refractivity contribution in [1.82, 2.24) is 24.5 Å². The number of carbonyl (C=O) groups is 1. The van der Waals surface area contributed by atoms with E-state index in [1.807, 2.05) is 6.92 Å². The van der Waals surface area contributed by atoms with E-state index in [9.17, 15) is 18.0 Å². The largest absolute Gasteiger partial charge is 0.486 e. The number of benzene rings is 1. The summed E-state index contributed by atoms with van der Waals surface area (Å²) < 4.78 is 43.4. The Kier molecular flexibility index (Phi) is 7.62. The van der Waals surface area contributed by atoms with Gasteiger partial charge in [-0.25, -0.2) is 18.3 Å². The van der Waals surface area contributed by atoms with E-state index in [-0.39, 0.29) is 34.4 Å². The van der Waals surface area contributed by atoms with Gasteiger partial charge < -0.3 is 9.47 Å². The number of sulfonamides is 1. The second kappa shape index (κ2) is 10.4. The van der Waals surface area contributed by atoms with Crippen molar-refractivity contribution in [2.24, 2.45) is 7.05 Å². The first-order valence-corrected chi connectivity index (χ1v) is 14.0. The van der Waals surface area contributed by atoms with Crippen LogP contribution in [0.15, 0.2) is 34.1 Å². The minimum Gasteiger partial charge on any atom is -0.486 e. The van der Waals surface area contributed by atoms with Crippen molar-refractivity contribution in [3.8, 4) is 5.75 Å². The molecule has 0 spiro atoms. The summed E-state index contributed by atoms with van der Waals surface area (Å²) >= 11 is 6.24. The van der Waals surface area contributed by atoms with Crippen LogP contribution in [0.1, 0.15) is 45.5 Å². The third-order valence-corrected chi connectivity index (χ3v) is 8.14. The molecular weight excluding hydrogens is 536 g/mol. The van der Waals surface area contributed by atoms with Crippen molar-refractivity contribution < 1.29 is 22.7 Å². The SMILES string of the molecule is CCn1cc(S(=O)(=O)N2C[C@H](CCc3n[nH]c(=O)n3C)Oc3ccc(CC(=O)OC(C)(C)C)cc32)c(Cl)n1. The summed E-state index contributed by atoms with van der Waals surface area (Å²) in [6, 6.07) is 4.96. The molecule has 3 aromatic rings. The standard InChI is InChI=1S/C24H31ClN6O6S/c1-6-30-14-19(22(25)28-30)38(34,35)31-13-16(8-10-20-26-27-23(33)29(20)5)36-18-9-7-15(11-17(18)31)12-21(32)37-24(2,3)4/h7,9,11,14,16H,6,8,10,12-13H2,1-5H3,(H,27,33)/t16-/m0/s1. The van der Waals surface area contributed by atoms with E-state index >= 15 is 0 Å². The van der Waals surface area contributed by atoms with E-state index in [2.05, 4.69) is 15.3 Å². The Bertz CT molecular complexity index is 1500. The highest BCUT2D eigenvalue weighted by molar-refractivity contribution is 7.93. The van der Waals surface area contributed by atoms with Gasteiger partial charge in [0.05, 0.1) is 18.7 Å². The zero-order valence-electron chi connectivity index (χ0n) is 21.9. The number of ether oxygens (including phenoxy) is 2. The number of hydrogen-bond donors (Lipinski definition) is 1. The number of aromatic nitrogens is 5. The molecule has 0 saturated carbocycles. The molecule has 2 aromatic heterocycles. The summed E-state index contributed by atoms with van der Waals surface area (Å²) in [5.74, 6) is 0.435. The number of nitrogens with zero attached hydrogens (tertiary/aromatic N) is 5. The second-order valence-corrected chi connectivity index (χ2v) is 12.2. The van der Waals surface area contributed by atoms with Crippen LogP contribution in [-0.2, 0) is 46.0 Å². The molecule has 1 aliphatic rings. The van der Waals surface area contributed by atoms with Gasteiger partial charge in [0.1, 0.15) is 28.2 Å². The lowest BCUT2D eigenvalue weighted by atomic mass is 10.1. The van der Waals surface area contributed by atoms with Crippen LogP contribution in [0, 0.1) is 0 Å². The summed E-state index contributed by atoms with van der Waals surface area (Å²) in [5.41, 5.74) is -0.124. The van der Waals surface area contributed by atoms with E-state index in [4.69, 9.17) is 21.1 Å². The molecule has 0 bridgehead atoms. The Morgan fingerprint density at radius 1 is 1.32 bits per heavy atom. The maximum atomic E-state index is 13.9. The summed E-state index contributed by atoms with van der Waals surface area (Å²) in [7, 11) is -2.54. The minimum absolute atomic E-state index is 0.0166. The highest BCUT2D eigenvalue weighted by Crippen LogP contribution is 2.39. The minimum atomic E-state index is -4.14. The summed E-state index contributed by atoms with van der Waals surface area (Å²) in [5, 5.41) is 10.4. The molecule has 0 radical (unpaired) electrons. The van der Waals surface area contributed by atoms with Crippen molar-refractivity contribution in [2.45, 2.75) is 70.1 Å². The number of H-pyrrole nitrogens is 1. The van der Waals surface area contributed by atoms with Crippen LogP contribution in [0.4, 0.5) is 5.69 Å². The maximum Gasteiger partial charge on any atom is 0.343 e. The van der Waals surface area contributed by atoms with Crippen LogP contribution in [0.3, 0.4) is 0 Å². The third-order valence-electron chi connectivity index (χ3n) is 5.96. The van der Waals surface area contributed by atoms with Gasteiger partial charge in [-0.3, -0.25) is 18.3 Å². The Morgan fingerprint density at radius 2 is 2.05 bits per heavy atom. The normalized spacial score (nSPS) is 15.7. The van der Waals surface area contributed by atoms with Gasteiger partial charge in [-0.15, -0.1) is 0 Å². The van der Waals surface area contributed by atoms with Gasteiger partial charge in [-0.05, 0) is 51.8 Å². The Morgan fingerprint density at radius 3 is 2.66 bits per heavy atom. The van der Waals surface area contributed by atoms with Crippen LogP contribution in [0.2, 0.25) is 5.15 Å². The molecule has 1 aromatic carbocycles. The maximum absolute atomic E-state index is 13.9. The average Bonchev–Trinajstić information content (AvgIpc) is 3.37. The van der Waals surface area contributed by atoms with Crippen molar-refractivity contribution in [3.63, 3.8) is 0 Å². The monoisotopic (exact) mass is 566 g/mol. The lowest BCUT2D eigenvalue weighted by molar-refractivity contribution is -0.153. The zero-order valence-corrected chi connectivity index (χ0v) is 23.5. The second-order valence-electron chi connectivity index (χ2n) is 10.0. The van der Waals surface area contributed by atoms with Crippen molar-refractivity contribution in [1.29, 1.82) is 0 Å². The molecule has 206 valence electrons. The molecular formula is C24H31ClN6O6S. The van der Waals surface area contributed by atoms with Crippen LogP contribution >= 0.6 is 11.6 Å². The summed E-state index contributed by atoms with van der Waals surface area (Å²) in [6.07, 6.45) is 1.59. The Labute approximate surface area is 225 Å². The fourth-order valence-electron chi connectivity index (χ4n) is 4.12. The van der Waals surface area contributed by atoms with Gasteiger partial charge in [0, 0.05) is 26.2 Å². The van der Waals surface area contributed by atoms with Crippen molar-refractivity contribution >= 4 is 33.3 Å². The predicted molar refractivity (Wildman–Crippen MR) is 140 cm³/mol. The number of anilines is 1.